The Morgan fingerprint density at radius 3 is 2.68 bits per heavy atom. The van der Waals surface area contributed by atoms with Gasteiger partial charge in [0, 0.05) is 22.9 Å². The van der Waals surface area contributed by atoms with Gasteiger partial charge in [-0.2, -0.15) is 0 Å². The van der Waals surface area contributed by atoms with E-state index in [1.807, 2.05) is 18.2 Å². The van der Waals surface area contributed by atoms with Gasteiger partial charge < -0.3 is 5.32 Å². The van der Waals surface area contributed by atoms with Gasteiger partial charge in [0.25, 0.3) is 11.6 Å². The van der Waals surface area contributed by atoms with Crippen molar-refractivity contribution in [1.29, 1.82) is 0 Å². The maximum absolute atomic E-state index is 12.3. The number of nitrogens with one attached hydrogen (secondary N) is 1. The number of carbonyl (C=O) groups is 1. The van der Waals surface area contributed by atoms with Crippen molar-refractivity contribution < 1.29 is 9.72 Å². The van der Waals surface area contributed by atoms with Crippen molar-refractivity contribution in [3.63, 3.8) is 0 Å². The fourth-order valence-electron chi connectivity index (χ4n) is 2.80. The topological polar surface area (TPSA) is 72.2 Å². The zero-order chi connectivity index (χ0) is 15.7. The molecule has 22 heavy (non-hydrogen) atoms. The molecule has 112 valence electrons. The summed E-state index contributed by atoms with van der Waals surface area (Å²) in [5.74, 6) is -0.243. The average molecular weight is 296 g/mol. The van der Waals surface area contributed by atoms with Crippen LogP contribution in [0.4, 0.5) is 11.4 Å². The normalized spacial score (nSPS) is 12.8. The van der Waals surface area contributed by atoms with Crippen LogP contribution in [-0.2, 0) is 12.8 Å². The standard InChI is InChI=1S/C17H16N2O3/c1-11-5-8-15(10-16(11)19(21)22)18-17(20)14-7-6-12-3-2-4-13(12)9-14/h5-10H,2-4H2,1H3,(H,18,20). The number of hydrogen-bond acceptors (Lipinski definition) is 3. The van der Waals surface area contributed by atoms with Crippen molar-refractivity contribution >= 4 is 17.3 Å². The first-order chi connectivity index (χ1) is 10.5. The summed E-state index contributed by atoms with van der Waals surface area (Å²) < 4.78 is 0. The molecule has 0 aliphatic heterocycles. The lowest BCUT2D eigenvalue weighted by Crippen LogP contribution is -2.12. The molecule has 1 aliphatic carbocycles. The minimum atomic E-state index is -0.444. The van der Waals surface area contributed by atoms with Crippen LogP contribution in [0.25, 0.3) is 0 Å². The zero-order valence-corrected chi connectivity index (χ0v) is 12.3. The third kappa shape index (κ3) is 2.70. The number of rotatable bonds is 3. The van der Waals surface area contributed by atoms with Crippen molar-refractivity contribution in [3.8, 4) is 0 Å². The Hall–Kier alpha value is -2.69. The van der Waals surface area contributed by atoms with E-state index in [0.717, 1.165) is 19.3 Å². The van der Waals surface area contributed by atoms with E-state index in [1.54, 1.807) is 19.1 Å². The second-order valence-corrected chi connectivity index (χ2v) is 5.55. The van der Waals surface area contributed by atoms with Crippen LogP contribution in [-0.4, -0.2) is 10.8 Å². The molecule has 0 fully saturated rings. The Balaban J connectivity index is 1.82. The number of carbonyl (C=O) groups excluding carboxylic acids is 1. The summed E-state index contributed by atoms with van der Waals surface area (Å²) in [6.45, 7) is 1.67. The van der Waals surface area contributed by atoms with Gasteiger partial charge in [0.2, 0.25) is 0 Å². The molecule has 1 aliphatic rings. The third-order valence-electron chi connectivity index (χ3n) is 4.02. The van der Waals surface area contributed by atoms with Gasteiger partial charge >= 0.3 is 0 Å². The predicted molar refractivity (Wildman–Crippen MR) is 84.3 cm³/mol. The van der Waals surface area contributed by atoms with E-state index in [9.17, 15) is 14.9 Å². The number of nitrogens with zero attached hydrogens (tertiary/aromatic N) is 1. The Bertz CT molecular complexity index is 768. The van der Waals surface area contributed by atoms with Crippen molar-refractivity contribution in [2.24, 2.45) is 0 Å². The smallest absolute Gasteiger partial charge is 0.274 e. The van der Waals surface area contributed by atoms with Gasteiger partial charge in [-0.15, -0.1) is 0 Å². The summed E-state index contributed by atoms with van der Waals surface area (Å²) in [7, 11) is 0. The number of amides is 1. The minimum Gasteiger partial charge on any atom is -0.322 e. The molecule has 0 bridgehead atoms. The van der Waals surface area contributed by atoms with E-state index in [-0.39, 0.29) is 11.6 Å². The van der Waals surface area contributed by atoms with E-state index in [4.69, 9.17) is 0 Å². The molecule has 0 spiro atoms. The van der Waals surface area contributed by atoms with Crippen molar-refractivity contribution in [1.82, 2.24) is 0 Å². The highest BCUT2D eigenvalue weighted by atomic mass is 16.6. The number of hydrogen-bond donors (Lipinski definition) is 1. The molecule has 3 rings (SSSR count). The molecule has 0 saturated heterocycles. The van der Waals surface area contributed by atoms with Gasteiger partial charge in [-0.05, 0) is 55.5 Å². The lowest BCUT2D eigenvalue weighted by atomic mass is 10.1. The highest BCUT2D eigenvalue weighted by molar-refractivity contribution is 6.04. The van der Waals surface area contributed by atoms with E-state index < -0.39 is 4.92 Å². The highest BCUT2D eigenvalue weighted by Gasteiger charge is 2.16. The molecule has 2 aromatic rings. The molecule has 0 atom stereocenters. The van der Waals surface area contributed by atoms with Gasteiger partial charge in [0.15, 0.2) is 0 Å². The Labute approximate surface area is 128 Å². The fraction of sp³-hybridized carbons (Fsp3) is 0.235. The van der Waals surface area contributed by atoms with Gasteiger partial charge in [-0.25, -0.2) is 0 Å². The first-order valence-corrected chi connectivity index (χ1v) is 7.23. The molecule has 0 unspecified atom stereocenters. The maximum Gasteiger partial charge on any atom is 0.274 e. The summed E-state index contributed by atoms with van der Waals surface area (Å²) in [4.78, 5) is 22.8. The maximum atomic E-state index is 12.3. The minimum absolute atomic E-state index is 0.00625. The lowest BCUT2D eigenvalue weighted by molar-refractivity contribution is -0.385. The Morgan fingerprint density at radius 2 is 1.91 bits per heavy atom. The SMILES string of the molecule is Cc1ccc(NC(=O)c2ccc3c(c2)CCC3)cc1[N+](=O)[O-]. The van der Waals surface area contributed by atoms with Crippen LogP contribution in [0.15, 0.2) is 36.4 Å². The second kappa shape index (κ2) is 5.60. The summed E-state index contributed by atoms with van der Waals surface area (Å²) in [5.41, 5.74) is 4.13. The number of anilines is 1. The average Bonchev–Trinajstić information content (AvgIpc) is 2.96. The van der Waals surface area contributed by atoms with Crippen LogP contribution in [0, 0.1) is 17.0 Å². The zero-order valence-electron chi connectivity index (χ0n) is 12.3. The van der Waals surface area contributed by atoms with Crippen molar-refractivity contribution in [2.45, 2.75) is 26.2 Å². The molecule has 1 amide bonds. The van der Waals surface area contributed by atoms with E-state index in [0.29, 0.717) is 16.8 Å². The van der Waals surface area contributed by atoms with Crippen LogP contribution in [0.5, 0.6) is 0 Å². The van der Waals surface area contributed by atoms with Crippen LogP contribution < -0.4 is 5.32 Å². The van der Waals surface area contributed by atoms with E-state index in [2.05, 4.69) is 5.32 Å². The largest absolute Gasteiger partial charge is 0.322 e. The lowest BCUT2D eigenvalue weighted by Gasteiger charge is -2.08. The van der Waals surface area contributed by atoms with Gasteiger partial charge in [-0.3, -0.25) is 14.9 Å². The van der Waals surface area contributed by atoms with Gasteiger partial charge in [0.1, 0.15) is 0 Å². The van der Waals surface area contributed by atoms with Gasteiger partial charge in [-0.1, -0.05) is 12.1 Å². The number of nitro benzene ring substituents is 1. The molecule has 0 heterocycles. The number of nitro groups is 1. The highest BCUT2D eigenvalue weighted by Crippen LogP contribution is 2.25. The molecule has 1 N–H and O–H groups in total. The fourth-order valence-corrected chi connectivity index (χ4v) is 2.80. The Morgan fingerprint density at radius 1 is 1.14 bits per heavy atom. The predicted octanol–water partition coefficient (Wildman–Crippen LogP) is 3.64. The first kappa shape index (κ1) is 14.3. The second-order valence-electron chi connectivity index (χ2n) is 5.55. The quantitative estimate of drug-likeness (QED) is 0.694. The third-order valence-corrected chi connectivity index (χ3v) is 4.02. The van der Waals surface area contributed by atoms with Crippen LogP contribution >= 0.6 is 0 Å². The van der Waals surface area contributed by atoms with Crippen LogP contribution in [0.1, 0.15) is 33.5 Å². The summed E-state index contributed by atoms with van der Waals surface area (Å²) >= 11 is 0. The van der Waals surface area contributed by atoms with Crippen LogP contribution in [0.3, 0.4) is 0 Å². The number of aryl methyl sites for hydroxylation is 3. The molecular weight excluding hydrogens is 280 g/mol. The summed E-state index contributed by atoms with van der Waals surface area (Å²) in [6.07, 6.45) is 3.21. The Kier molecular flexibility index (Phi) is 3.63. The van der Waals surface area contributed by atoms with Gasteiger partial charge in [0.05, 0.1) is 4.92 Å². The van der Waals surface area contributed by atoms with Crippen molar-refractivity contribution in [2.75, 3.05) is 5.32 Å². The molecule has 5 heteroatoms. The summed E-state index contributed by atoms with van der Waals surface area (Å²) in [5, 5.41) is 13.7. The molecule has 0 radical (unpaired) electrons. The van der Waals surface area contributed by atoms with E-state index >= 15 is 0 Å². The van der Waals surface area contributed by atoms with E-state index in [1.165, 1.54) is 17.2 Å². The monoisotopic (exact) mass is 296 g/mol. The summed E-state index contributed by atoms with van der Waals surface area (Å²) in [6, 6.07) is 10.4. The molecular formula is C17H16N2O3. The molecule has 0 aromatic heterocycles. The first-order valence-electron chi connectivity index (χ1n) is 7.23. The van der Waals surface area contributed by atoms with Crippen LogP contribution in [0.2, 0.25) is 0 Å². The number of benzene rings is 2. The molecule has 5 nitrogen and oxygen atoms in total. The molecule has 2 aromatic carbocycles. The molecule has 0 saturated carbocycles. The number of fused-ring (bicyclic) bond motifs is 1. The van der Waals surface area contributed by atoms with Crippen molar-refractivity contribution in [3.05, 3.63) is 68.8 Å².